The second-order valence-corrected chi connectivity index (χ2v) is 6.33. The summed E-state index contributed by atoms with van der Waals surface area (Å²) in [6.45, 7) is 3.04. The number of rotatable bonds is 6. The fraction of sp³-hybridized carbons (Fsp3) is 0.611. The van der Waals surface area contributed by atoms with Gasteiger partial charge in [0.05, 0.1) is 6.61 Å². The summed E-state index contributed by atoms with van der Waals surface area (Å²) in [6, 6.07) is 6.36. The van der Waals surface area contributed by atoms with Crippen molar-refractivity contribution in [2.75, 3.05) is 19.7 Å². The van der Waals surface area contributed by atoms with E-state index in [1.807, 2.05) is 0 Å². The third-order valence-corrected chi connectivity index (χ3v) is 4.68. The van der Waals surface area contributed by atoms with E-state index >= 15 is 0 Å². The zero-order valence-corrected chi connectivity index (χ0v) is 12.7. The molecular formula is C18H25NO2. The monoisotopic (exact) mass is 287 g/mol. The first-order valence-electron chi connectivity index (χ1n) is 8.28. The quantitative estimate of drug-likeness (QED) is 0.874. The molecule has 0 aromatic heterocycles. The lowest BCUT2D eigenvalue weighted by atomic mass is 9.92. The van der Waals surface area contributed by atoms with Crippen LogP contribution >= 0.6 is 0 Å². The third-order valence-electron chi connectivity index (χ3n) is 4.68. The summed E-state index contributed by atoms with van der Waals surface area (Å²) < 4.78 is 5.51. The molecule has 2 aliphatic rings. The van der Waals surface area contributed by atoms with Crippen LogP contribution in [0.3, 0.4) is 0 Å². The molecule has 21 heavy (non-hydrogen) atoms. The maximum atomic E-state index is 12.0. The summed E-state index contributed by atoms with van der Waals surface area (Å²) in [5, 5.41) is 3.42. The molecule has 0 radical (unpaired) electrons. The van der Waals surface area contributed by atoms with Crippen LogP contribution in [0.25, 0.3) is 0 Å². The number of benzene rings is 1. The Morgan fingerprint density at radius 1 is 1.33 bits per heavy atom. The molecular weight excluding hydrogens is 262 g/mol. The van der Waals surface area contributed by atoms with Gasteiger partial charge in [0.2, 0.25) is 0 Å². The standard InChI is InChI=1S/C18H25NO2/c20-17(7-4-15-2-1-10-19-13-15)6-3-14-5-8-18-16(12-14)9-11-21-18/h5,8,12,15,19H,1-4,6-7,9-11,13H2. The molecule has 2 aliphatic heterocycles. The number of aryl methyl sites for hydroxylation is 1. The lowest BCUT2D eigenvalue weighted by Crippen LogP contribution is -2.30. The molecule has 1 aromatic carbocycles. The summed E-state index contributed by atoms with van der Waals surface area (Å²) in [5.74, 6) is 2.15. The molecule has 0 spiro atoms. The Hall–Kier alpha value is -1.35. The molecule has 2 heterocycles. The van der Waals surface area contributed by atoms with Gasteiger partial charge in [-0.1, -0.05) is 12.1 Å². The van der Waals surface area contributed by atoms with E-state index in [4.69, 9.17) is 4.74 Å². The van der Waals surface area contributed by atoms with E-state index < -0.39 is 0 Å². The molecule has 3 nitrogen and oxygen atoms in total. The van der Waals surface area contributed by atoms with Gasteiger partial charge >= 0.3 is 0 Å². The SMILES string of the molecule is O=C(CCc1ccc2c(c1)CCO2)CCC1CCCNC1. The summed E-state index contributed by atoms with van der Waals surface area (Å²) >= 11 is 0. The molecule has 3 heteroatoms. The number of piperidine rings is 1. The Labute approximate surface area is 127 Å². The van der Waals surface area contributed by atoms with Crippen molar-refractivity contribution < 1.29 is 9.53 Å². The van der Waals surface area contributed by atoms with E-state index in [9.17, 15) is 4.79 Å². The minimum absolute atomic E-state index is 0.414. The molecule has 0 saturated carbocycles. The van der Waals surface area contributed by atoms with Crippen LogP contribution in [-0.2, 0) is 17.6 Å². The van der Waals surface area contributed by atoms with Gasteiger partial charge < -0.3 is 10.1 Å². The van der Waals surface area contributed by atoms with Crippen LogP contribution < -0.4 is 10.1 Å². The highest BCUT2D eigenvalue weighted by Gasteiger charge is 2.15. The van der Waals surface area contributed by atoms with Crippen molar-refractivity contribution in [3.05, 3.63) is 29.3 Å². The third kappa shape index (κ3) is 4.07. The van der Waals surface area contributed by atoms with Crippen LogP contribution in [-0.4, -0.2) is 25.5 Å². The molecule has 0 amide bonds. The fourth-order valence-corrected chi connectivity index (χ4v) is 3.34. The molecule has 1 saturated heterocycles. The summed E-state index contributed by atoms with van der Waals surface area (Å²) in [5.41, 5.74) is 2.57. The van der Waals surface area contributed by atoms with Crippen molar-refractivity contribution in [3.63, 3.8) is 0 Å². The maximum absolute atomic E-state index is 12.0. The van der Waals surface area contributed by atoms with Crippen molar-refractivity contribution in [1.82, 2.24) is 5.32 Å². The van der Waals surface area contributed by atoms with E-state index in [1.165, 1.54) is 24.0 Å². The van der Waals surface area contributed by atoms with Crippen LogP contribution in [0.5, 0.6) is 5.75 Å². The van der Waals surface area contributed by atoms with Gasteiger partial charge in [0, 0.05) is 19.3 Å². The van der Waals surface area contributed by atoms with Crippen molar-refractivity contribution in [2.45, 2.75) is 44.9 Å². The van der Waals surface area contributed by atoms with Gasteiger partial charge in [0.15, 0.2) is 0 Å². The van der Waals surface area contributed by atoms with Crippen LogP contribution in [0.1, 0.15) is 43.2 Å². The number of fused-ring (bicyclic) bond motifs is 1. The second-order valence-electron chi connectivity index (χ2n) is 6.33. The predicted octanol–water partition coefficient (Wildman–Crippen LogP) is 2.90. The van der Waals surface area contributed by atoms with Gasteiger partial charge in [-0.25, -0.2) is 0 Å². The van der Waals surface area contributed by atoms with Crippen LogP contribution in [0.2, 0.25) is 0 Å². The zero-order valence-electron chi connectivity index (χ0n) is 12.7. The van der Waals surface area contributed by atoms with Crippen molar-refractivity contribution >= 4 is 5.78 Å². The van der Waals surface area contributed by atoms with E-state index in [1.54, 1.807) is 0 Å². The summed E-state index contributed by atoms with van der Waals surface area (Å²) in [7, 11) is 0. The van der Waals surface area contributed by atoms with Crippen molar-refractivity contribution in [2.24, 2.45) is 5.92 Å². The van der Waals surface area contributed by atoms with Crippen molar-refractivity contribution in [1.29, 1.82) is 0 Å². The highest BCUT2D eigenvalue weighted by Crippen LogP contribution is 2.26. The van der Waals surface area contributed by atoms with E-state index in [-0.39, 0.29) is 0 Å². The largest absolute Gasteiger partial charge is 0.493 e. The average molecular weight is 287 g/mol. The molecule has 0 aliphatic carbocycles. The zero-order chi connectivity index (χ0) is 14.5. The molecule has 1 N–H and O–H groups in total. The molecule has 1 fully saturated rings. The highest BCUT2D eigenvalue weighted by atomic mass is 16.5. The van der Waals surface area contributed by atoms with E-state index in [0.29, 0.717) is 18.1 Å². The van der Waals surface area contributed by atoms with Gasteiger partial charge in [0.25, 0.3) is 0 Å². The first kappa shape index (κ1) is 14.6. The van der Waals surface area contributed by atoms with Crippen LogP contribution in [0.4, 0.5) is 0 Å². The topological polar surface area (TPSA) is 38.3 Å². The fourth-order valence-electron chi connectivity index (χ4n) is 3.34. The van der Waals surface area contributed by atoms with Gasteiger partial charge in [0.1, 0.15) is 11.5 Å². The van der Waals surface area contributed by atoms with Gasteiger partial charge in [-0.05, 0) is 61.9 Å². The first-order valence-corrected chi connectivity index (χ1v) is 8.28. The summed E-state index contributed by atoms with van der Waals surface area (Å²) in [6.07, 6.45) is 6.91. The minimum atomic E-state index is 0.414. The van der Waals surface area contributed by atoms with Crippen LogP contribution in [0, 0.1) is 5.92 Å². The Morgan fingerprint density at radius 2 is 2.29 bits per heavy atom. The second kappa shape index (κ2) is 7.08. The van der Waals surface area contributed by atoms with Gasteiger partial charge in [-0.2, -0.15) is 0 Å². The number of ketones is 1. The maximum Gasteiger partial charge on any atom is 0.133 e. The number of carbonyl (C=O) groups excluding carboxylic acids is 1. The van der Waals surface area contributed by atoms with Gasteiger partial charge in [-0.3, -0.25) is 4.79 Å². The van der Waals surface area contributed by atoms with Gasteiger partial charge in [-0.15, -0.1) is 0 Å². The van der Waals surface area contributed by atoms with E-state index in [2.05, 4.69) is 23.5 Å². The number of nitrogens with one attached hydrogen (secondary N) is 1. The number of Topliss-reactive ketones (excluding diaryl/α,β-unsaturated/α-hetero) is 1. The lowest BCUT2D eigenvalue weighted by Gasteiger charge is -2.22. The molecule has 1 aromatic rings. The number of hydrogen-bond donors (Lipinski definition) is 1. The van der Waals surface area contributed by atoms with Crippen molar-refractivity contribution in [3.8, 4) is 5.75 Å². The minimum Gasteiger partial charge on any atom is -0.493 e. The molecule has 1 atom stereocenters. The highest BCUT2D eigenvalue weighted by molar-refractivity contribution is 5.78. The number of carbonyl (C=O) groups is 1. The summed E-state index contributed by atoms with van der Waals surface area (Å²) in [4.78, 5) is 12.0. The molecule has 114 valence electrons. The van der Waals surface area contributed by atoms with Crippen LogP contribution in [0.15, 0.2) is 18.2 Å². The molecule has 3 rings (SSSR count). The normalized spacial score (nSPS) is 20.9. The molecule has 1 unspecified atom stereocenters. The Balaban J connectivity index is 1.41. The predicted molar refractivity (Wildman–Crippen MR) is 83.8 cm³/mol. The average Bonchev–Trinajstić information content (AvgIpc) is 2.99. The Morgan fingerprint density at radius 3 is 3.14 bits per heavy atom. The smallest absolute Gasteiger partial charge is 0.133 e. The lowest BCUT2D eigenvalue weighted by molar-refractivity contribution is -0.119. The Kier molecular flexibility index (Phi) is 4.91. The first-order chi connectivity index (χ1) is 10.3. The Bertz CT molecular complexity index is 492. The number of hydrogen-bond acceptors (Lipinski definition) is 3. The molecule has 0 bridgehead atoms. The number of ether oxygens (including phenoxy) is 1. The van der Waals surface area contributed by atoms with E-state index in [0.717, 1.165) is 51.1 Å².